The van der Waals surface area contributed by atoms with Crippen LogP contribution in [-0.2, 0) is 13.0 Å². The molecule has 2 aliphatic heterocycles. The molecule has 1 aromatic heterocycles. The minimum atomic E-state index is -4.67. The highest BCUT2D eigenvalue weighted by atomic mass is 19.4. The number of fused-ring (bicyclic) bond motifs is 1. The van der Waals surface area contributed by atoms with E-state index in [1.807, 2.05) is 24.3 Å². The third-order valence-electron chi connectivity index (χ3n) is 6.84. The van der Waals surface area contributed by atoms with Gasteiger partial charge in [-0.15, -0.1) is 13.2 Å². The number of rotatable bonds is 9. The Kier molecular flexibility index (Phi) is 7.30. The van der Waals surface area contributed by atoms with Crippen molar-refractivity contribution in [1.82, 2.24) is 9.55 Å². The third-order valence-corrected chi connectivity index (χ3v) is 6.84. The van der Waals surface area contributed by atoms with Crippen LogP contribution in [0, 0.1) is 16.0 Å². The summed E-state index contributed by atoms with van der Waals surface area (Å²) in [6.07, 6.45) is 0.361. The van der Waals surface area contributed by atoms with Crippen molar-refractivity contribution in [3.05, 3.63) is 70.4 Å². The lowest BCUT2D eigenvalue weighted by Gasteiger charge is -2.33. The summed E-state index contributed by atoms with van der Waals surface area (Å²) in [5.41, 5.74) is 2.13. The van der Waals surface area contributed by atoms with Crippen LogP contribution in [0.5, 0.6) is 17.5 Å². The van der Waals surface area contributed by atoms with Gasteiger partial charge in [-0.2, -0.15) is 0 Å². The molecule has 2 aromatic carbocycles. The summed E-state index contributed by atoms with van der Waals surface area (Å²) in [7, 11) is 0. The first kappa shape index (κ1) is 25.7. The number of nitro groups is 1. The summed E-state index contributed by atoms with van der Waals surface area (Å²) in [6.45, 7) is 2.63. The molecule has 0 N–H and O–H groups in total. The first-order chi connectivity index (χ1) is 18.2. The van der Waals surface area contributed by atoms with Gasteiger partial charge in [-0.1, -0.05) is 12.1 Å². The first-order valence-corrected chi connectivity index (χ1v) is 12.4. The Bertz CT molecular complexity index is 1220. The van der Waals surface area contributed by atoms with E-state index in [1.54, 1.807) is 16.7 Å². The quantitative estimate of drug-likeness (QED) is 0.270. The number of ether oxygens (including phenoxy) is 3. The number of halogens is 3. The Morgan fingerprint density at radius 2 is 1.74 bits per heavy atom. The van der Waals surface area contributed by atoms with Crippen molar-refractivity contribution in [3.63, 3.8) is 0 Å². The van der Waals surface area contributed by atoms with Gasteiger partial charge in [0.15, 0.2) is 6.10 Å². The smallest absolute Gasteiger partial charge is 0.490 e. The number of imidazole rings is 1. The molecule has 1 atom stereocenters. The summed E-state index contributed by atoms with van der Waals surface area (Å²) in [6, 6.07) is 14.3. The van der Waals surface area contributed by atoms with Gasteiger partial charge in [0.05, 0.1) is 6.54 Å². The standard InChI is InChI=1S/C26H27F3N4O5/c27-26(28,29)38-22-7-3-18(4-8-22)1-2-19-11-13-31(14-12-19)20-5-9-21(10-6-20)36-17-23-15-32-16-24(33(34)35)30-25(32)37-23/h3-10,16,19,23H,1-2,11-15,17H2. The maximum Gasteiger partial charge on any atom is 0.573 e. The molecule has 3 aromatic rings. The second-order valence-corrected chi connectivity index (χ2v) is 9.50. The van der Waals surface area contributed by atoms with E-state index < -0.39 is 11.3 Å². The number of anilines is 1. The molecule has 5 rings (SSSR count). The van der Waals surface area contributed by atoms with Crippen molar-refractivity contribution in [3.8, 4) is 17.5 Å². The number of piperidine rings is 1. The Morgan fingerprint density at radius 3 is 2.37 bits per heavy atom. The largest absolute Gasteiger partial charge is 0.573 e. The van der Waals surface area contributed by atoms with Crippen LogP contribution in [0.2, 0.25) is 0 Å². The van der Waals surface area contributed by atoms with Crippen LogP contribution in [0.4, 0.5) is 24.7 Å². The van der Waals surface area contributed by atoms with E-state index in [2.05, 4.69) is 14.6 Å². The molecule has 9 nitrogen and oxygen atoms in total. The van der Waals surface area contributed by atoms with Crippen LogP contribution < -0.4 is 19.1 Å². The van der Waals surface area contributed by atoms with E-state index in [0.717, 1.165) is 55.8 Å². The average Bonchev–Trinajstić information content (AvgIpc) is 3.46. The lowest BCUT2D eigenvalue weighted by molar-refractivity contribution is -0.389. The zero-order valence-corrected chi connectivity index (χ0v) is 20.5. The Hall–Kier alpha value is -3.96. The van der Waals surface area contributed by atoms with Crippen LogP contribution in [0.25, 0.3) is 0 Å². The van der Waals surface area contributed by atoms with Crippen LogP contribution in [0.3, 0.4) is 0 Å². The van der Waals surface area contributed by atoms with Crippen LogP contribution >= 0.6 is 0 Å². The van der Waals surface area contributed by atoms with Gasteiger partial charge in [-0.25, -0.2) is 0 Å². The SMILES string of the molecule is O=[N+]([O-])c1cn2c(n1)OC(COc1ccc(N3CCC(CCc4ccc(OC(F)(F)F)cc4)CC3)cc1)C2. The Morgan fingerprint density at radius 1 is 1.05 bits per heavy atom. The number of hydrogen-bond acceptors (Lipinski definition) is 7. The van der Waals surface area contributed by atoms with E-state index in [-0.39, 0.29) is 23.7 Å². The lowest BCUT2D eigenvalue weighted by Crippen LogP contribution is -2.33. The first-order valence-electron chi connectivity index (χ1n) is 12.4. The topological polar surface area (TPSA) is 91.9 Å². The van der Waals surface area contributed by atoms with E-state index in [0.29, 0.717) is 19.1 Å². The van der Waals surface area contributed by atoms with Crippen molar-refractivity contribution in [2.45, 2.75) is 44.7 Å². The molecular formula is C26H27F3N4O5. The van der Waals surface area contributed by atoms with Gasteiger partial charge >= 0.3 is 18.2 Å². The van der Waals surface area contributed by atoms with Crippen molar-refractivity contribution >= 4 is 11.5 Å². The zero-order chi connectivity index (χ0) is 26.7. The number of nitrogens with zero attached hydrogens (tertiary/aromatic N) is 4. The van der Waals surface area contributed by atoms with Gasteiger partial charge in [-0.3, -0.25) is 4.57 Å². The number of hydrogen-bond donors (Lipinski definition) is 0. The predicted octanol–water partition coefficient (Wildman–Crippen LogP) is 5.38. The minimum Gasteiger partial charge on any atom is -0.490 e. The monoisotopic (exact) mass is 532 g/mol. The van der Waals surface area contributed by atoms with Gasteiger partial charge in [0, 0.05) is 23.8 Å². The third kappa shape index (κ3) is 6.48. The molecule has 12 heteroatoms. The molecule has 0 bridgehead atoms. The van der Waals surface area contributed by atoms with E-state index >= 15 is 0 Å². The molecular weight excluding hydrogens is 505 g/mol. The normalized spacial score (nSPS) is 17.7. The molecule has 0 amide bonds. The van der Waals surface area contributed by atoms with Crippen LogP contribution in [0.15, 0.2) is 54.7 Å². The summed E-state index contributed by atoms with van der Waals surface area (Å²) in [4.78, 5) is 16.4. The summed E-state index contributed by atoms with van der Waals surface area (Å²) >= 11 is 0. The number of benzene rings is 2. The molecule has 1 fully saturated rings. The molecule has 0 saturated carbocycles. The molecule has 38 heavy (non-hydrogen) atoms. The molecule has 1 saturated heterocycles. The van der Waals surface area contributed by atoms with Gasteiger partial charge in [0.1, 0.15) is 24.3 Å². The molecule has 1 unspecified atom stereocenters. The van der Waals surface area contributed by atoms with Gasteiger partial charge in [0.25, 0.3) is 0 Å². The molecule has 0 radical (unpaired) electrons. The molecule has 202 valence electrons. The fourth-order valence-corrected chi connectivity index (χ4v) is 4.84. The van der Waals surface area contributed by atoms with E-state index in [9.17, 15) is 23.3 Å². The van der Waals surface area contributed by atoms with Crippen LogP contribution in [0.1, 0.15) is 24.8 Å². The molecule has 2 aliphatic rings. The van der Waals surface area contributed by atoms with Crippen molar-refractivity contribution in [2.24, 2.45) is 5.92 Å². The fourth-order valence-electron chi connectivity index (χ4n) is 4.84. The van der Waals surface area contributed by atoms with Crippen molar-refractivity contribution in [1.29, 1.82) is 0 Å². The Balaban J connectivity index is 1.02. The maximum absolute atomic E-state index is 12.3. The summed E-state index contributed by atoms with van der Waals surface area (Å²) < 4.78 is 53.9. The van der Waals surface area contributed by atoms with Crippen molar-refractivity contribution < 1.29 is 32.3 Å². The average molecular weight is 533 g/mol. The Labute approximate surface area is 216 Å². The van der Waals surface area contributed by atoms with Crippen LogP contribution in [-0.4, -0.2) is 46.6 Å². The lowest BCUT2D eigenvalue weighted by atomic mass is 9.90. The minimum absolute atomic E-state index is 0.196. The van der Waals surface area contributed by atoms with Gasteiger partial charge in [0.2, 0.25) is 0 Å². The van der Waals surface area contributed by atoms with E-state index in [4.69, 9.17) is 9.47 Å². The number of aromatic nitrogens is 2. The molecule has 0 spiro atoms. The second kappa shape index (κ2) is 10.8. The van der Waals surface area contributed by atoms with Crippen molar-refractivity contribution in [2.75, 3.05) is 24.6 Å². The number of alkyl halides is 3. The zero-order valence-electron chi connectivity index (χ0n) is 20.5. The molecule has 0 aliphatic carbocycles. The van der Waals surface area contributed by atoms with Gasteiger partial charge in [-0.05, 0) is 78.5 Å². The highest BCUT2D eigenvalue weighted by Gasteiger charge is 2.32. The number of aryl methyl sites for hydroxylation is 1. The van der Waals surface area contributed by atoms with Gasteiger partial charge < -0.3 is 29.2 Å². The molecule has 3 heterocycles. The second-order valence-electron chi connectivity index (χ2n) is 9.50. The predicted molar refractivity (Wildman–Crippen MR) is 132 cm³/mol. The van der Waals surface area contributed by atoms with E-state index in [1.165, 1.54) is 18.3 Å². The fraction of sp³-hybridized carbons (Fsp3) is 0.423. The highest BCUT2D eigenvalue weighted by Crippen LogP contribution is 2.29. The summed E-state index contributed by atoms with van der Waals surface area (Å²) in [5.74, 6) is 0.864. The highest BCUT2D eigenvalue weighted by molar-refractivity contribution is 5.49. The summed E-state index contributed by atoms with van der Waals surface area (Å²) in [5, 5.41) is 10.8. The maximum atomic E-state index is 12.3.